The fourth-order valence-corrected chi connectivity index (χ4v) is 2.75. The maximum atomic E-state index is 13.8. The van der Waals surface area contributed by atoms with E-state index in [1.165, 1.54) is 0 Å². The first kappa shape index (κ1) is 32.8. The van der Waals surface area contributed by atoms with Crippen LogP contribution in [0.2, 0.25) is 0 Å². The summed E-state index contributed by atoms with van der Waals surface area (Å²) in [5.41, 5.74) is -2.50. The van der Waals surface area contributed by atoms with Crippen LogP contribution in [0.1, 0.15) is 26.7 Å². The molecule has 1 N–H and O–H groups in total. The maximum absolute atomic E-state index is 13.8. The Morgan fingerprint density at radius 2 is 1.40 bits per heavy atom. The van der Waals surface area contributed by atoms with Crippen molar-refractivity contribution in [2.75, 3.05) is 19.7 Å². The van der Waals surface area contributed by atoms with Gasteiger partial charge in [0, 0.05) is 19.5 Å². The smallest absolute Gasteiger partial charge is 0.412 e. The van der Waals surface area contributed by atoms with E-state index in [9.17, 15) is 61.9 Å². The monoisotopic (exact) mass is 559 g/mol. The Labute approximate surface area is 191 Å². The molecule has 8 nitrogen and oxygen atoms in total. The summed E-state index contributed by atoms with van der Waals surface area (Å²) in [4.78, 5) is 24.4. The molecule has 0 rings (SSSR count). The summed E-state index contributed by atoms with van der Waals surface area (Å²) in [6.45, 7) is 1.57. The van der Waals surface area contributed by atoms with Crippen molar-refractivity contribution in [3.05, 3.63) is 12.2 Å². The number of hydrogen-bond acceptors (Lipinski definition) is 6. The molecular weight excluding hydrogens is 540 g/mol. The van der Waals surface area contributed by atoms with Gasteiger partial charge in [-0.2, -0.15) is 52.3 Å². The lowest BCUT2D eigenvalue weighted by Crippen LogP contribution is -2.62. The molecule has 1 amide bonds. The lowest BCUT2D eigenvalue weighted by atomic mass is 10.1. The highest BCUT2D eigenvalue weighted by molar-refractivity contribution is 7.87. The van der Waals surface area contributed by atoms with Crippen LogP contribution in [0.5, 0.6) is 0 Å². The first-order valence-electron chi connectivity index (χ1n) is 9.15. The molecule has 0 fully saturated rings. The Morgan fingerprint density at radius 3 is 1.74 bits per heavy atom. The van der Waals surface area contributed by atoms with E-state index in [2.05, 4.69) is 16.1 Å². The van der Waals surface area contributed by atoms with Gasteiger partial charge in [-0.05, 0) is 20.3 Å². The van der Waals surface area contributed by atoms with Crippen LogP contribution in [0.15, 0.2) is 12.2 Å². The fourth-order valence-electron chi connectivity index (χ4n) is 2.27. The minimum Gasteiger partial charge on any atom is -0.412 e. The second kappa shape index (κ2) is 10.9. The summed E-state index contributed by atoms with van der Waals surface area (Å²) in [6.07, 6.45) is -15.6. The summed E-state index contributed by atoms with van der Waals surface area (Å²) in [6, 6.07) is 0. The lowest BCUT2D eigenvalue weighted by molar-refractivity contribution is -0.351. The van der Waals surface area contributed by atoms with Gasteiger partial charge < -0.3 is 14.4 Å². The summed E-state index contributed by atoms with van der Waals surface area (Å²) >= 11 is 0. The quantitative estimate of drug-likeness (QED) is 0.0970. The molecule has 0 aromatic carbocycles. The molecule has 206 valence electrons. The number of halogens is 10. The Hall–Kier alpha value is -2.15. The summed E-state index contributed by atoms with van der Waals surface area (Å²) in [5.74, 6) is -15.5. The van der Waals surface area contributed by atoms with Crippen LogP contribution in [0, 0.1) is 0 Å². The van der Waals surface area contributed by atoms with Crippen molar-refractivity contribution in [1.82, 2.24) is 4.90 Å². The molecule has 0 aromatic heterocycles. The second-order valence-corrected chi connectivity index (χ2v) is 8.07. The van der Waals surface area contributed by atoms with Gasteiger partial charge in [-0.3, -0.25) is 9.35 Å². The van der Waals surface area contributed by atoms with Crippen molar-refractivity contribution in [1.29, 1.82) is 0 Å². The van der Waals surface area contributed by atoms with Gasteiger partial charge in [-0.25, -0.2) is 4.79 Å². The highest BCUT2D eigenvalue weighted by Crippen LogP contribution is 2.42. The molecule has 0 aliphatic rings. The largest absolute Gasteiger partial charge is 0.466 e. The standard InChI is InChI=1S/C16H19F10NO7S/c1-4-27(5-2)11(29)13(15(22,23)24,34-10(28)9(3)14(19,20)21)33-8-6-7-12(17,18)16(25,26)35(30,31)32/h3-8H2,1-2H3,(H,30,31,32). The van der Waals surface area contributed by atoms with Gasteiger partial charge in [0.25, 0.3) is 0 Å². The van der Waals surface area contributed by atoms with Crippen LogP contribution in [0.3, 0.4) is 0 Å². The Morgan fingerprint density at radius 1 is 0.943 bits per heavy atom. The van der Waals surface area contributed by atoms with Crippen LogP contribution < -0.4 is 0 Å². The van der Waals surface area contributed by atoms with E-state index in [-0.39, 0.29) is 4.90 Å². The molecule has 1 atom stereocenters. The SMILES string of the molecule is C=C(C(=O)OC(OCCCC(F)(F)C(F)(F)S(=O)(=O)O)(C(=O)N(CC)CC)C(F)(F)F)C(F)(F)F. The first-order chi connectivity index (χ1) is 15.4. The second-order valence-electron chi connectivity index (χ2n) is 6.61. The minimum absolute atomic E-state index is 0.290. The van der Waals surface area contributed by atoms with E-state index in [1.54, 1.807) is 0 Å². The normalized spacial score (nSPS) is 15.3. The van der Waals surface area contributed by atoms with E-state index in [0.29, 0.717) is 0 Å². The topological polar surface area (TPSA) is 110 Å². The van der Waals surface area contributed by atoms with E-state index in [1.807, 2.05) is 0 Å². The molecule has 0 saturated carbocycles. The molecule has 1 unspecified atom stereocenters. The Balaban J connectivity index is 6.18. The van der Waals surface area contributed by atoms with Crippen molar-refractivity contribution in [3.63, 3.8) is 0 Å². The lowest BCUT2D eigenvalue weighted by Gasteiger charge is -2.36. The third-order valence-electron chi connectivity index (χ3n) is 4.22. The highest BCUT2D eigenvalue weighted by Gasteiger charge is 2.68. The van der Waals surface area contributed by atoms with Crippen molar-refractivity contribution in [2.24, 2.45) is 0 Å². The number of amides is 1. The van der Waals surface area contributed by atoms with Crippen LogP contribution in [-0.2, 0) is 29.2 Å². The minimum atomic E-state index is -6.67. The van der Waals surface area contributed by atoms with E-state index in [0.717, 1.165) is 13.8 Å². The molecule has 35 heavy (non-hydrogen) atoms. The van der Waals surface area contributed by atoms with Gasteiger partial charge in [0.15, 0.2) is 0 Å². The van der Waals surface area contributed by atoms with Crippen LogP contribution in [-0.4, -0.2) is 78.8 Å². The van der Waals surface area contributed by atoms with E-state index >= 15 is 0 Å². The van der Waals surface area contributed by atoms with Gasteiger partial charge in [-0.15, -0.1) is 0 Å². The predicted octanol–water partition coefficient (Wildman–Crippen LogP) is 3.69. The van der Waals surface area contributed by atoms with E-state index in [4.69, 9.17) is 4.55 Å². The molecule has 0 aromatic rings. The van der Waals surface area contributed by atoms with Gasteiger partial charge in [-0.1, -0.05) is 6.58 Å². The Kier molecular flexibility index (Phi) is 10.2. The molecule has 0 aliphatic heterocycles. The Bertz CT molecular complexity index is 897. The number of likely N-dealkylation sites (N-methyl/N-ethyl adjacent to an activating group) is 1. The van der Waals surface area contributed by atoms with Crippen molar-refractivity contribution in [2.45, 2.75) is 56.0 Å². The van der Waals surface area contributed by atoms with E-state index < -0.39 is 89.4 Å². The third kappa shape index (κ3) is 7.18. The number of ether oxygens (including phenoxy) is 2. The summed E-state index contributed by atoms with van der Waals surface area (Å²) in [5, 5.41) is -6.07. The zero-order chi connectivity index (χ0) is 28.3. The van der Waals surface area contributed by atoms with Crippen molar-refractivity contribution < 1.29 is 75.9 Å². The number of alkyl halides is 10. The van der Waals surface area contributed by atoms with Crippen molar-refractivity contribution in [3.8, 4) is 0 Å². The number of esters is 1. The average molecular weight is 559 g/mol. The van der Waals surface area contributed by atoms with Gasteiger partial charge in [0.2, 0.25) is 0 Å². The summed E-state index contributed by atoms with van der Waals surface area (Å²) in [7, 11) is -6.67. The van der Waals surface area contributed by atoms with Gasteiger partial charge in [0.1, 0.15) is 5.57 Å². The molecular formula is C16H19F10NO7S. The zero-order valence-electron chi connectivity index (χ0n) is 17.8. The first-order valence-corrected chi connectivity index (χ1v) is 10.6. The fraction of sp³-hybridized carbons (Fsp3) is 0.750. The van der Waals surface area contributed by atoms with Gasteiger partial charge >= 0.3 is 51.3 Å². The molecule has 19 heteroatoms. The molecule has 0 spiro atoms. The molecule has 0 saturated heterocycles. The van der Waals surface area contributed by atoms with Gasteiger partial charge in [0.05, 0.1) is 6.61 Å². The summed E-state index contributed by atoms with van der Waals surface area (Å²) < 4.78 is 170. The molecule has 0 radical (unpaired) electrons. The zero-order valence-corrected chi connectivity index (χ0v) is 18.6. The number of carbonyl (C=O) groups is 2. The van der Waals surface area contributed by atoms with Crippen LogP contribution in [0.4, 0.5) is 43.9 Å². The van der Waals surface area contributed by atoms with Crippen molar-refractivity contribution >= 4 is 22.0 Å². The van der Waals surface area contributed by atoms with Crippen LogP contribution >= 0.6 is 0 Å². The number of hydrogen-bond donors (Lipinski definition) is 1. The molecule has 0 bridgehead atoms. The van der Waals surface area contributed by atoms with Crippen LogP contribution in [0.25, 0.3) is 0 Å². The number of rotatable bonds is 12. The predicted molar refractivity (Wildman–Crippen MR) is 94.6 cm³/mol. The third-order valence-corrected chi connectivity index (χ3v) is 5.17. The molecule has 0 aliphatic carbocycles. The highest BCUT2D eigenvalue weighted by atomic mass is 32.2. The molecule has 0 heterocycles. The maximum Gasteiger partial charge on any atom is 0.466 e. The average Bonchev–Trinajstić information content (AvgIpc) is 2.67. The number of carbonyl (C=O) groups excluding carboxylic acids is 2. The number of nitrogens with zero attached hydrogens (tertiary/aromatic N) is 1.